The Labute approximate surface area is 87.8 Å². The monoisotopic (exact) mass is 208 g/mol. The Hall–Kier alpha value is -1.54. The molecule has 80 valence electrons. The molecule has 5 heteroatoms. The molecule has 2 fully saturated rings. The molecule has 2 aliphatic heterocycles. The molecule has 2 saturated heterocycles. The van der Waals surface area contributed by atoms with Gasteiger partial charge in [-0.25, -0.2) is 4.79 Å². The summed E-state index contributed by atoms with van der Waals surface area (Å²) < 4.78 is 5.17. The molecule has 2 heterocycles. The molecule has 2 aliphatic rings. The minimum atomic E-state index is -0.758. The number of nitrogens with zero attached hydrogens (tertiary/aromatic N) is 1. The number of nitrogens with one attached hydrogen (secondary N) is 1. The van der Waals surface area contributed by atoms with Gasteiger partial charge >= 0.3 is 6.03 Å². The number of imide groups is 1. The van der Waals surface area contributed by atoms with Crippen LogP contribution in [-0.4, -0.2) is 42.1 Å². The van der Waals surface area contributed by atoms with Gasteiger partial charge in [0.1, 0.15) is 5.54 Å². The number of amides is 3. The van der Waals surface area contributed by atoms with Crippen molar-refractivity contribution in [3.8, 4) is 12.3 Å². The highest BCUT2D eigenvalue weighted by Gasteiger charge is 2.51. The maximum absolute atomic E-state index is 12.0. The second-order valence-electron chi connectivity index (χ2n) is 3.72. The zero-order chi connectivity index (χ0) is 10.9. The molecular formula is C10H12N2O3. The lowest BCUT2D eigenvalue weighted by atomic mass is 9.90. The highest BCUT2D eigenvalue weighted by Crippen LogP contribution is 2.27. The maximum atomic E-state index is 12.0. The number of ether oxygens (including phenoxy) is 1. The lowest BCUT2D eigenvalue weighted by Gasteiger charge is -2.30. The van der Waals surface area contributed by atoms with Crippen molar-refractivity contribution in [1.82, 2.24) is 10.2 Å². The first-order chi connectivity index (χ1) is 7.19. The lowest BCUT2D eigenvalue weighted by Crippen LogP contribution is -2.51. The molecule has 0 aromatic carbocycles. The van der Waals surface area contributed by atoms with E-state index < -0.39 is 5.54 Å². The minimum Gasteiger partial charge on any atom is -0.381 e. The molecule has 0 bridgehead atoms. The molecule has 0 atom stereocenters. The van der Waals surface area contributed by atoms with Gasteiger partial charge in [0.25, 0.3) is 5.91 Å². The van der Waals surface area contributed by atoms with Crippen LogP contribution < -0.4 is 5.32 Å². The summed E-state index contributed by atoms with van der Waals surface area (Å²) in [6, 6.07) is -0.389. The van der Waals surface area contributed by atoms with Gasteiger partial charge in [0.05, 0.1) is 6.54 Å². The molecule has 3 amide bonds. The van der Waals surface area contributed by atoms with Crippen LogP contribution in [0.2, 0.25) is 0 Å². The van der Waals surface area contributed by atoms with Gasteiger partial charge in [0.2, 0.25) is 0 Å². The quantitative estimate of drug-likeness (QED) is 0.476. The number of carbonyl (C=O) groups excluding carboxylic acids is 2. The Kier molecular flexibility index (Phi) is 2.37. The van der Waals surface area contributed by atoms with Crippen LogP contribution in [0.1, 0.15) is 12.8 Å². The Bertz CT molecular complexity index is 339. The Morgan fingerprint density at radius 2 is 2.13 bits per heavy atom. The number of urea groups is 1. The van der Waals surface area contributed by atoms with Crippen molar-refractivity contribution < 1.29 is 14.3 Å². The summed E-state index contributed by atoms with van der Waals surface area (Å²) in [4.78, 5) is 24.6. The van der Waals surface area contributed by atoms with E-state index in [1.54, 1.807) is 0 Å². The lowest BCUT2D eigenvalue weighted by molar-refractivity contribution is -0.134. The summed E-state index contributed by atoms with van der Waals surface area (Å²) in [5.41, 5.74) is -0.758. The van der Waals surface area contributed by atoms with Crippen LogP contribution in [-0.2, 0) is 9.53 Å². The summed E-state index contributed by atoms with van der Waals surface area (Å²) in [7, 11) is 0. The highest BCUT2D eigenvalue weighted by atomic mass is 16.5. The Balaban J connectivity index is 2.20. The van der Waals surface area contributed by atoms with E-state index in [1.165, 1.54) is 0 Å². The van der Waals surface area contributed by atoms with E-state index in [2.05, 4.69) is 11.2 Å². The number of rotatable bonds is 1. The maximum Gasteiger partial charge on any atom is 0.325 e. The number of hydrogen-bond donors (Lipinski definition) is 1. The van der Waals surface area contributed by atoms with Gasteiger partial charge in [-0.3, -0.25) is 9.69 Å². The summed E-state index contributed by atoms with van der Waals surface area (Å²) >= 11 is 0. The van der Waals surface area contributed by atoms with Crippen LogP contribution >= 0.6 is 0 Å². The van der Waals surface area contributed by atoms with E-state index in [9.17, 15) is 9.59 Å². The van der Waals surface area contributed by atoms with E-state index in [0.717, 1.165) is 4.90 Å². The van der Waals surface area contributed by atoms with Crippen LogP contribution in [0.25, 0.3) is 0 Å². The first-order valence-electron chi connectivity index (χ1n) is 4.85. The van der Waals surface area contributed by atoms with E-state index in [4.69, 9.17) is 11.2 Å². The Morgan fingerprint density at radius 3 is 2.73 bits per heavy atom. The summed E-state index contributed by atoms with van der Waals surface area (Å²) in [5, 5.41) is 2.72. The van der Waals surface area contributed by atoms with Crippen LogP contribution in [0, 0.1) is 12.3 Å². The van der Waals surface area contributed by atoms with Crippen molar-refractivity contribution in [1.29, 1.82) is 0 Å². The molecular weight excluding hydrogens is 196 g/mol. The average Bonchev–Trinajstić information content (AvgIpc) is 2.45. The fourth-order valence-electron chi connectivity index (χ4n) is 1.97. The first kappa shape index (κ1) is 9.99. The predicted octanol–water partition coefficient (Wildman–Crippen LogP) is -0.279. The van der Waals surface area contributed by atoms with Crippen LogP contribution in [0.4, 0.5) is 4.79 Å². The fraction of sp³-hybridized carbons (Fsp3) is 0.600. The van der Waals surface area contributed by atoms with E-state index in [1.807, 2.05) is 0 Å². The molecule has 0 aromatic rings. The van der Waals surface area contributed by atoms with E-state index in [-0.39, 0.29) is 18.5 Å². The molecule has 2 rings (SSSR count). The highest BCUT2D eigenvalue weighted by molar-refractivity contribution is 6.07. The third kappa shape index (κ3) is 1.47. The van der Waals surface area contributed by atoms with Crippen molar-refractivity contribution in [2.45, 2.75) is 18.4 Å². The normalized spacial score (nSPS) is 24.1. The SMILES string of the molecule is C#CCN1C(=O)NC2(CCOCC2)C1=O. The van der Waals surface area contributed by atoms with Crippen LogP contribution in [0.15, 0.2) is 0 Å². The second-order valence-corrected chi connectivity index (χ2v) is 3.72. The zero-order valence-electron chi connectivity index (χ0n) is 8.28. The predicted molar refractivity (Wildman–Crippen MR) is 51.9 cm³/mol. The van der Waals surface area contributed by atoms with Gasteiger partial charge in [0.15, 0.2) is 0 Å². The number of hydrogen-bond acceptors (Lipinski definition) is 3. The molecule has 0 radical (unpaired) electrons. The summed E-state index contributed by atoms with van der Waals surface area (Å²) in [6.45, 7) is 1.03. The summed E-state index contributed by atoms with van der Waals surface area (Å²) in [5.74, 6) is 2.09. The fourth-order valence-corrected chi connectivity index (χ4v) is 1.97. The first-order valence-corrected chi connectivity index (χ1v) is 4.85. The van der Waals surface area contributed by atoms with Crippen molar-refractivity contribution in [2.75, 3.05) is 19.8 Å². The van der Waals surface area contributed by atoms with Crippen molar-refractivity contribution >= 4 is 11.9 Å². The minimum absolute atomic E-state index is 0.0350. The molecule has 0 unspecified atom stereocenters. The van der Waals surface area contributed by atoms with Gasteiger partial charge in [-0.1, -0.05) is 5.92 Å². The Morgan fingerprint density at radius 1 is 1.47 bits per heavy atom. The molecule has 5 nitrogen and oxygen atoms in total. The van der Waals surface area contributed by atoms with Crippen LogP contribution in [0.3, 0.4) is 0 Å². The van der Waals surface area contributed by atoms with Gasteiger partial charge in [-0.15, -0.1) is 6.42 Å². The molecule has 0 aliphatic carbocycles. The topological polar surface area (TPSA) is 58.6 Å². The van der Waals surface area contributed by atoms with Crippen molar-refractivity contribution in [3.63, 3.8) is 0 Å². The van der Waals surface area contributed by atoms with Gasteiger partial charge < -0.3 is 10.1 Å². The molecule has 0 aromatic heterocycles. The molecule has 1 spiro atoms. The molecule has 1 N–H and O–H groups in total. The second kappa shape index (κ2) is 3.55. The van der Waals surface area contributed by atoms with Crippen molar-refractivity contribution in [3.05, 3.63) is 0 Å². The van der Waals surface area contributed by atoms with E-state index in [0.29, 0.717) is 26.1 Å². The van der Waals surface area contributed by atoms with E-state index >= 15 is 0 Å². The number of carbonyl (C=O) groups is 2. The third-order valence-electron chi connectivity index (χ3n) is 2.84. The molecule has 0 saturated carbocycles. The summed E-state index contributed by atoms with van der Waals surface area (Å²) in [6.07, 6.45) is 6.16. The zero-order valence-corrected chi connectivity index (χ0v) is 8.28. The standard InChI is InChI=1S/C10H12N2O3/c1-2-5-12-8(13)10(11-9(12)14)3-6-15-7-4-10/h1H,3-7H2,(H,11,14). The smallest absolute Gasteiger partial charge is 0.325 e. The van der Waals surface area contributed by atoms with Crippen molar-refractivity contribution in [2.24, 2.45) is 0 Å². The largest absolute Gasteiger partial charge is 0.381 e. The van der Waals surface area contributed by atoms with Gasteiger partial charge in [-0.05, 0) is 0 Å². The average molecular weight is 208 g/mol. The number of terminal acetylenes is 1. The third-order valence-corrected chi connectivity index (χ3v) is 2.84. The van der Waals surface area contributed by atoms with Gasteiger partial charge in [-0.2, -0.15) is 0 Å². The molecule has 15 heavy (non-hydrogen) atoms. The van der Waals surface area contributed by atoms with Gasteiger partial charge in [0, 0.05) is 26.1 Å². The van der Waals surface area contributed by atoms with Crippen LogP contribution in [0.5, 0.6) is 0 Å².